The van der Waals surface area contributed by atoms with E-state index in [9.17, 15) is 0 Å². The Hall–Kier alpha value is 0.710. The van der Waals surface area contributed by atoms with Gasteiger partial charge >= 0.3 is 0 Å². The number of hydrogen-bond donors (Lipinski definition) is 0. The summed E-state index contributed by atoms with van der Waals surface area (Å²) in [6.45, 7) is 7.43. The zero-order valence-corrected chi connectivity index (χ0v) is 14.8. The zero-order chi connectivity index (χ0) is 12.8. The Labute approximate surface area is 145 Å². The second-order valence-corrected chi connectivity index (χ2v) is 5.58. The van der Waals surface area contributed by atoms with Crippen LogP contribution in [0.2, 0.25) is 0 Å². The Kier molecular flexibility index (Phi) is 20.7. The molecule has 109 valence electrons. The van der Waals surface area contributed by atoms with Crippen molar-refractivity contribution in [2.24, 2.45) is 0 Å². The fourth-order valence-electron chi connectivity index (χ4n) is 1.39. The van der Waals surface area contributed by atoms with Crippen molar-refractivity contribution >= 4 is 14.3 Å². The fourth-order valence-corrected chi connectivity index (χ4v) is 2.25. The third-order valence-electron chi connectivity index (χ3n) is 2.30. The summed E-state index contributed by atoms with van der Waals surface area (Å²) in [5.41, 5.74) is 1.07. The van der Waals surface area contributed by atoms with E-state index in [4.69, 9.17) is 0 Å². The van der Waals surface area contributed by atoms with E-state index in [0.717, 1.165) is 12.2 Å². The van der Waals surface area contributed by atoms with Crippen LogP contribution in [0.4, 0.5) is 5.69 Å². The molecule has 0 fully saturated rings. The molecule has 1 aromatic rings. The van der Waals surface area contributed by atoms with Crippen LogP contribution >= 0.6 is 8.58 Å². The first-order chi connectivity index (χ1) is 8.35. The van der Waals surface area contributed by atoms with Crippen molar-refractivity contribution in [1.29, 1.82) is 0 Å². The van der Waals surface area contributed by atoms with Crippen molar-refractivity contribution in [3.8, 4) is 0 Å². The fraction of sp³-hybridized carbons (Fsp3) is 0.600. The van der Waals surface area contributed by atoms with E-state index in [2.05, 4.69) is 19.2 Å². The summed E-state index contributed by atoms with van der Waals surface area (Å²) in [6.07, 6.45) is 7.14. The van der Waals surface area contributed by atoms with Crippen molar-refractivity contribution < 1.29 is 37.7 Å². The third-order valence-corrected chi connectivity index (χ3v) is 3.51. The predicted molar refractivity (Wildman–Crippen MR) is 83.3 cm³/mol. The number of benzene rings is 1. The van der Waals surface area contributed by atoms with Gasteiger partial charge in [0, 0.05) is 37.7 Å². The molecule has 3 heteroatoms. The van der Waals surface area contributed by atoms with E-state index < -0.39 is 0 Å². The average molecular weight is 417 g/mol. The molecule has 0 spiro atoms. The Morgan fingerprint density at radius 3 is 2.17 bits per heavy atom. The Morgan fingerprint density at radius 2 is 1.67 bits per heavy atom. The van der Waals surface area contributed by atoms with Crippen molar-refractivity contribution in [1.82, 2.24) is 0 Å². The second-order valence-electron chi connectivity index (χ2n) is 3.87. The molecule has 0 aromatic heterocycles. The van der Waals surface area contributed by atoms with E-state index in [1.807, 2.05) is 37.3 Å². The molecular weight excluding hydrogens is 390 g/mol. The Morgan fingerprint density at radius 1 is 1.00 bits per heavy atom. The van der Waals surface area contributed by atoms with Crippen LogP contribution in [0.15, 0.2) is 30.3 Å². The normalized spacial score (nSPS) is 9.50. The molecule has 1 unspecified atom stereocenters. The van der Waals surface area contributed by atoms with E-state index >= 15 is 0 Å². The second kappa shape index (κ2) is 17.7. The molecule has 0 saturated carbocycles. The van der Waals surface area contributed by atoms with Gasteiger partial charge in [-0.1, -0.05) is 63.9 Å². The first-order valence-corrected chi connectivity index (χ1v) is 8.19. The van der Waals surface area contributed by atoms with Crippen molar-refractivity contribution in [3.63, 3.8) is 0 Å². The topological polar surface area (TPSA) is 14.1 Å². The predicted octanol–water partition coefficient (Wildman–Crippen LogP) is 5.59. The SMILES string of the molecule is CCCCCPCC.CC[N-]c1ccccc1.[Ho]. The van der Waals surface area contributed by atoms with E-state index in [1.54, 1.807) is 0 Å². The molecule has 0 amide bonds. The van der Waals surface area contributed by atoms with Crippen LogP contribution in [-0.2, 0) is 0 Å². The summed E-state index contributed by atoms with van der Waals surface area (Å²) >= 11 is 0. The first-order valence-electron chi connectivity index (χ1n) is 6.78. The number of para-hydroxylation sites is 1. The maximum absolute atomic E-state index is 4.21. The van der Waals surface area contributed by atoms with Crippen molar-refractivity contribution in [3.05, 3.63) is 35.6 Å². The molecule has 0 heterocycles. The molecular formula is C15H27HoNP-. The number of rotatable bonds is 7. The molecule has 0 aliphatic carbocycles. The minimum atomic E-state index is 0. The zero-order valence-electron chi connectivity index (χ0n) is 11.9. The minimum Gasteiger partial charge on any atom is -0.685 e. The molecule has 1 radical (unpaired) electrons. The largest absolute Gasteiger partial charge is 0.685 e. The summed E-state index contributed by atoms with van der Waals surface area (Å²) in [6, 6.07) is 9.99. The van der Waals surface area contributed by atoms with Gasteiger partial charge in [-0.25, -0.2) is 0 Å². The number of hydrogen-bond acceptors (Lipinski definition) is 0. The maximum atomic E-state index is 4.21. The summed E-state index contributed by atoms with van der Waals surface area (Å²) in [4.78, 5) is 0. The molecule has 0 N–H and O–H groups in total. The molecule has 18 heavy (non-hydrogen) atoms. The van der Waals surface area contributed by atoms with Gasteiger partial charge in [0.2, 0.25) is 0 Å². The van der Waals surface area contributed by atoms with Gasteiger partial charge in [0.25, 0.3) is 0 Å². The summed E-state index contributed by atoms with van der Waals surface area (Å²) in [5.74, 6) is 0. The third kappa shape index (κ3) is 14.8. The van der Waals surface area contributed by atoms with Gasteiger partial charge in [-0.05, 0) is 18.7 Å². The van der Waals surface area contributed by atoms with Crippen LogP contribution < -0.4 is 0 Å². The molecule has 0 aliphatic heterocycles. The maximum Gasteiger partial charge on any atom is 0 e. The van der Waals surface area contributed by atoms with Crippen LogP contribution in [0.1, 0.15) is 40.0 Å². The summed E-state index contributed by atoms with van der Waals surface area (Å²) in [7, 11) is 1.22. The van der Waals surface area contributed by atoms with Gasteiger partial charge in [0.05, 0.1) is 0 Å². The molecule has 0 aliphatic rings. The molecule has 1 aromatic carbocycles. The van der Waals surface area contributed by atoms with Gasteiger partial charge < -0.3 is 5.32 Å². The molecule has 0 bridgehead atoms. The number of nitrogens with zero attached hydrogens (tertiary/aromatic N) is 1. The number of unbranched alkanes of at least 4 members (excludes halogenated alkanes) is 2. The van der Waals surface area contributed by atoms with Gasteiger partial charge in [-0.3, -0.25) is 0 Å². The van der Waals surface area contributed by atoms with E-state index in [1.165, 1.54) is 40.2 Å². The quantitative estimate of drug-likeness (QED) is 0.312. The molecule has 1 rings (SSSR count). The summed E-state index contributed by atoms with van der Waals surface area (Å²) in [5, 5.41) is 4.21. The monoisotopic (exact) mass is 417 g/mol. The smallest absolute Gasteiger partial charge is 0 e. The van der Waals surface area contributed by atoms with Gasteiger partial charge in [0.1, 0.15) is 0 Å². The van der Waals surface area contributed by atoms with Crippen LogP contribution in [-0.4, -0.2) is 18.9 Å². The van der Waals surface area contributed by atoms with Crippen LogP contribution in [0.25, 0.3) is 5.32 Å². The first kappa shape index (κ1) is 21.0. The molecule has 0 saturated heterocycles. The summed E-state index contributed by atoms with van der Waals surface area (Å²) < 4.78 is 0. The van der Waals surface area contributed by atoms with Crippen molar-refractivity contribution in [2.45, 2.75) is 40.0 Å². The molecule has 1 atom stereocenters. The minimum absolute atomic E-state index is 0. The van der Waals surface area contributed by atoms with Crippen molar-refractivity contribution in [2.75, 3.05) is 18.9 Å². The standard InChI is InChI=1S/C8H10N.C7H17P.Ho/c1-2-9-8-6-4-3-5-7-8;1-3-5-6-7-8-4-2;/h3-7H,2H2,1H3;8H,3-7H2,1-2H3;/q-1;;. The van der Waals surface area contributed by atoms with E-state index in [0.29, 0.717) is 0 Å². The average Bonchev–Trinajstić information content (AvgIpc) is 2.37. The van der Waals surface area contributed by atoms with Gasteiger partial charge in [-0.2, -0.15) is 0 Å². The van der Waals surface area contributed by atoms with E-state index in [-0.39, 0.29) is 37.7 Å². The van der Waals surface area contributed by atoms with Crippen LogP contribution in [0.3, 0.4) is 0 Å². The Bertz CT molecular complexity index is 236. The van der Waals surface area contributed by atoms with Gasteiger partial charge in [-0.15, -0.1) is 20.8 Å². The van der Waals surface area contributed by atoms with Crippen LogP contribution in [0, 0.1) is 37.7 Å². The van der Waals surface area contributed by atoms with Crippen LogP contribution in [0.5, 0.6) is 0 Å². The molecule has 1 nitrogen and oxygen atoms in total. The Balaban J connectivity index is 0. The van der Waals surface area contributed by atoms with Gasteiger partial charge in [0.15, 0.2) is 0 Å².